The van der Waals surface area contributed by atoms with Gasteiger partial charge >= 0.3 is 6.18 Å². The Bertz CT molecular complexity index is 402. The minimum atomic E-state index is -4.30. The van der Waals surface area contributed by atoms with E-state index in [2.05, 4.69) is 15.9 Å². The maximum Gasteiger partial charge on any atom is 0.416 e. The highest BCUT2D eigenvalue weighted by atomic mass is 79.9. The molecule has 0 unspecified atom stereocenters. The summed E-state index contributed by atoms with van der Waals surface area (Å²) in [7, 11) is 0. The number of nitrogens with zero attached hydrogens (tertiary/aromatic N) is 1. The van der Waals surface area contributed by atoms with Crippen LogP contribution in [0.4, 0.5) is 18.9 Å². The van der Waals surface area contributed by atoms with Crippen LogP contribution in [0.3, 0.4) is 0 Å². The van der Waals surface area contributed by atoms with Crippen LogP contribution >= 0.6 is 15.9 Å². The molecule has 0 spiro atoms. The lowest BCUT2D eigenvalue weighted by Crippen LogP contribution is -2.36. The van der Waals surface area contributed by atoms with Gasteiger partial charge in [0.15, 0.2) is 0 Å². The lowest BCUT2D eigenvalue weighted by atomic mass is 10.2. The van der Waals surface area contributed by atoms with Crippen LogP contribution in [-0.4, -0.2) is 26.3 Å². The summed E-state index contributed by atoms with van der Waals surface area (Å²) in [6, 6.07) is 3.72. The third-order valence-electron chi connectivity index (χ3n) is 2.63. The van der Waals surface area contributed by atoms with Crippen molar-refractivity contribution in [2.45, 2.75) is 6.18 Å². The monoisotopic (exact) mass is 309 g/mol. The first-order valence-corrected chi connectivity index (χ1v) is 5.97. The molecule has 2 nitrogen and oxygen atoms in total. The van der Waals surface area contributed by atoms with E-state index in [1.54, 1.807) is 0 Å². The van der Waals surface area contributed by atoms with Crippen molar-refractivity contribution in [2.75, 3.05) is 31.2 Å². The third-order valence-corrected chi connectivity index (χ3v) is 3.26. The van der Waals surface area contributed by atoms with Crippen molar-refractivity contribution in [2.24, 2.45) is 0 Å². The second-order valence-corrected chi connectivity index (χ2v) is 4.62. The Kier molecular flexibility index (Phi) is 3.63. The summed E-state index contributed by atoms with van der Waals surface area (Å²) in [5.74, 6) is 0. The molecule has 2 rings (SSSR count). The zero-order valence-corrected chi connectivity index (χ0v) is 10.5. The number of anilines is 1. The fourth-order valence-corrected chi connectivity index (χ4v) is 2.37. The molecule has 1 heterocycles. The molecule has 0 saturated carbocycles. The molecule has 17 heavy (non-hydrogen) atoms. The zero-order valence-electron chi connectivity index (χ0n) is 8.93. The second kappa shape index (κ2) is 4.86. The van der Waals surface area contributed by atoms with E-state index >= 15 is 0 Å². The molecule has 1 aromatic carbocycles. The molecule has 94 valence electrons. The van der Waals surface area contributed by atoms with Crippen LogP contribution in [0.25, 0.3) is 0 Å². The van der Waals surface area contributed by atoms with E-state index in [0.29, 0.717) is 30.8 Å². The topological polar surface area (TPSA) is 12.5 Å². The molecule has 1 aromatic rings. The summed E-state index contributed by atoms with van der Waals surface area (Å²) in [6.07, 6.45) is -4.30. The summed E-state index contributed by atoms with van der Waals surface area (Å²) < 4.78 is 43.1. The molecule has 1 fully saturated rings. The minimum Gasteiger partial charge on any atom is -0.378 e. The molecule has 0 aromatic heterocycles. The molecular weight excluding hydrogens is 299 g/mol. The minimum absolute atomic E-state index is 0.467. The number of hydrogen-bond acceptors (Lipinski definition) is 2. The molecule has 0 aliphatic carbocycles. The van der Waals surface area contributed by atoms with Gasteiger partial charge in [0.1, 0.15) is 0 Å². The first-order valence-electron chi connectivity index (χ1n) is 5.18. The molecule has 0 N–H and O–H groups in total. The van der Waals surface area contributed by atoms with Crippen molar-refractivity contribution in [1.29, 1.82) is 0 Å². The molecule has 6 heteroatoms. The molecule has 0 radical (unpaired) electrons. The van der Waals surface area contributed by atoms with Gasteiger partial charge in [0.2, 0.25) is 0 Å². The number of halogens is 4. The van der Waals surface area contributed by atoms with Crippen molar-refractivity contribution in [1.82, 2.24) is 0 Å². The average molecular weight is 310 g/mol. The molecule has 1 aliphatic heterocycles. The van der Waals surface area contributed by atoms with Crippen LogP contribution in [0.1, 0.15) is 5.56 Å². The number of morpholine rings is 1. The smallest absolute Gasteiger partial charge is 0.378 e. The predicted molar refractivity (Wildman–Crippen MR) is 62.2 cm³/mol. The summed E-state index contributed by atoms with van der Waals surface area (Å²) >= 11 is 3.19. The van der Waals surface area contributed by atoms with Crippen LogP contribution in [-0.2, 0) is 10.9 Å². The number of hydrogen-bond donors (Lipinski definition) is 0. The summed E-state index contributed by atoms with van der Waals surface area (Å²) in [5, 5.41) is 0. The Morgan fingerprint density at radius 2 is 1.82 bits per heavy atom. The van der Waals surface area contributed by atoms with E-state index in [-0.39, 0.29) is 0 Å². The van der Waals surface area contributed by atoms with Crippen LogP contribution < -0.4 is 4.90 Å². The summed E-state index contributed by atoms with van der Waals surface area (Å²) in [5.41, 5.74) is 0.141. The summed E-state index contributed by atoms with van der Waals surface area (Å²) in [4.78, 5) is 2.01. The first-order chi connectivity index (χ1) is 7.98. The van der Waals surface area contributed by atoms with E-state index in [1.807, 2.05) is 4.90 Å². The highest BCUT2D eigenvalue weighted by molar-refractivity contribution is 9.10. The van der Waals surface area contributed by atoms with Gasteiger partial charge in [-0.25, -0.2) is 0 Å². The largest absolute Gasteiger partial charge is 0.416 e. The van der Waals surface area contributed by atoms with E-state index in [4.69, 9.17) is 4.74 Å². The normalized spacial score (nSPS) is 17.3. The van der Waals surface area contributed by atoms with Gasteiger partial charge in [0.25, 0.3) is 0 Å². The number of rotatable bonds is 1. The number of ether oxygens (including phenoxy) is 1. The van der Waals surface area contributed by atoms with Gasteiger partial charge in [-0.1, -0.05) is 0 Å². The van der Waals surface area contributed by atoms with Crippen LogP contribution in [0.2, 0.25) is 0 Å². The Balaban J connectivity index is 2.25. The van der Waals surface area contributed by atoms with E-state index in [1.165, 1.54) is 6.07 Å². The third kappa shape index (κ3) is 2.93. The highest BCUT2D eigenvalue weighted by Gasteiger charge is 2.31. The van der Waals surface area contributed by atoms with Crippen LogP contribution in [0.5, 0.6) is 0 Å². The second-order valence-electron chi connectivity index (χ2n) is 3.76. The Morgan fingerprint density at radius 1 is 1.18 bits per heavy atom. The van der Waals surface area contributed by atoms with Crippen molar-refractivity contribution in [3.63, 3.8) is 0 Å². The maximum atomic E-state index is 12.5. The van der Waals surface area contributed by atoms with Crippen molar-refractivity contribution < 1.29 is 17.9 Å². The molecule has 1 saturated heterocycles. The van der Waals surface area contributed by atoms with Gasteiger partial charge in [0, 0.05) is 17.6 Å². The SMILES string of the molecule is FC(F)(F)c1ccc(N2CCOCC2)c(Br)c1. The number of alkyl halides is 3. The zero-order chi connectivity index (χ0) is 12.5. The van der Waals surface area contributed by atoms with Crippen LogP contribution in [0.15, 0.2) is 22.7 Å². The quantitative estimate of drug-likeness (QED) is 0.789. The lowest BCUT2D eigenvalue weighted by molar-refractivity contribution is -0.137. The van der Waals surface area contributed by atoms with Crippen molar-refractivity contribution in [3.05, 3.63) is 28.2 Å². The Morgan fingerprint density at radius 3 is 2.35 bits per heavy atom. The fraction of sp³-hybridized carbons (Fsp3) is 0.455. The molecular formula is C11H11BrF3NO. The van der Waals surface area contributed by atoms with Gasteiger partial charge in [0.05, 0.1) is 24.5 Å². The molecule has 1 aliphatic rings. The standard InChI is InChI=1S/C11H11BrF3NO/c12-9-7-8(11(13,14)15)1-2-10(9)16-3-5-17-6-4-16/h1-2,7H,3-6H2. The maximum absolute atomic E-state index is 12.5. The van der Waals surface area contributed by atoms with Gasteiger partial charge in [-0.15, -0.1) is 0 Å². The van der Waals surface area contributed by atoms with Crippen molar-refractivity contribution in [3.8, 4) is 0 Å². The molecule has 0 atom stereocenters. The predicted octanol–water partition coefficient (Wildman–Crippen LogP) is 3.30. The molecule has 0 bridgehead atoms. The van der Waals surface area contributed by atoms with E-state index < -0.39 is 11.7 Å². The average Bonchev–Trinajstić information content (AvgIpc) is 2.29. The van der Waals surface area contributed by atoms with Gasteiger partial charge in [-0.3, -0.25) is 0 Å². The first kappa shape index (κ1) is 12.7. The van der Waals surface area contributed by atoms with Gasteiger partial charge < -0.3 is 9.64 Å². The number of benzene rings is 1. The fourth-order valence-electron chi connectivity index (χ4n) is 1.74. The highest BCUT2D eigenvalue weighted by Crippen LogP contribution is 2.35. The molecule has 0 amide bonds. The Labute approximate surface area is 105 Å². The van der Waals surface area contributed by atoms with E-state index in [9.17, 15) is 13.2 Å². The van der Waals surface area contributed by atoms with Gasteiger partial charge in [-0.2, -0.15) is 13.2 Å². The summed E-state index contributed by atoms with van der Waals surface area (Å²) in [6.45, 7) is 2.61. The van der Waals surface area contributed by atoms with Gasteiger partial charge in [-0.05, 0) is 34.1 Å². The van der Waals surface area contributed by atoms with Crippen LogP contribution in [0, 0.1) is 0 Å². The van der Waals surface area contributed by atoms with E-state index in [0.717, 1.165) is 17.8 Å². The van der Waals surface area contributed by atoms with Crippen molar-refractivity contribution >= 4 is 21.6 Å². The Hall–Kier alpha value is -0.750. The lowest BCUT2D eigenvalue weighted by Gasteiger charge is -2.30.